The van der Waals surface area contributed by atoms with E-state index < -0.39 is 16.0 Å². The third-order valence-corrected chi connectivity index (χ3v) is 6.15. The van der Waals surface area contributed by atoms with Crippen LogP contribution in [-0.2, 0) is 27.8 Å². The molecule has 2 aromatic heterocycles. The van der Waals surface area contributed by atoms with Crippen LogP contribution in [-0.4, -0.2) is 30.8 Å². The second-order valence-electron chi connectivity index (χ2n) is 6.19. The zero-order valence-electron chi connectivity index (χ0n) is 15.5. The quantitative estimate of drug-likeness (QED) is 0.566. The Kier molecular flexibility index (Phi) is 5.91. The molecule has 1 aromatic carbocycles. The van der Waals surface area contributed by atoms with E-state index in [-0.39, 0.29) is 23.5 Å². The molecule has 0 atom stereocenters. The summed E-state index contributed by atoms with van der Waals surface area (Å²) in [6.07, 6.45) is 4.73. The van der Waals surface area contributed by atoms with E-state index in [4.69, 9.17) is 9.15 Å². The van der Waals surface area contributed by atoms with Crippen LogP contribution in [0.25, 0.3) is 0 Å². The maximum absolute atomic E-state index is 13.5. The highest BCUT2D eigenvalue weighted by Gasteiger charge is 2.28. The first-order valence-corrected chi connectivity index (χ1v) is 9.96. The van der Waals surface area contributed by atoms with Crippen LogP contribution in [0.4, 0.5) is 0 Å². The molecule has 0 saturated heterocycles. The van der Waals surface area contributed by atoms with Crippen LogP contribution in [0.1, 0.15) is 27.2 Å². The van der Waals surface area contributed by atoms with Crippen LogP contribution in [0.15, 0.2) is 70.4 Å². The fourth-order valence-corrected chi connectivity index (χ4v) is 4.40. The molecule has 0 aliphatic carbocycles. The lowest BCUT2D eigenvalue weighted by Gasteiger charge is -2.22. The van der Waals surface area contributed by atoms with E-state index in [1.54, 1.807) is 49.6 Å². The molecule has 28 heavy (non-hydrogen) atoms. The number of aryl methyl sites for hydroxylation is 1. The molecule has 3 rings (SSSR count). The second-order valence-corrected chi connectivity index (χ2v) is 8.09. The number of methoxy groups -OCH3 is 1. The van der Waals surface area contributed by atoms with Gasteiger partial charge in [-0.25, -0.2) is 13.2 Å². The van der Waals surface area contributed by atoms with Gasteiger partial charge in [0.05, 0.1) is 30.4 Å². The molecular weight excluding hydrogens is 380 g/mol. The van der Waals surface area contributed by atoms with Crippen molar-refractivity contribution in [2.24, 2.45) is 0 Å². The predicted molar refractivity (Wildman–Crippen MR) is 102 cm³/mol. The number of hydrogen-bond acceptors (Lipinski definition) is 6. The molecule has 0 N–H and O–H groups in total. The van der Waals surface area contributed by atoms with E-state index in [0.717, 1.165) is 5.56 Å². The fourth-order valence-electron chi connectivity index (χ4n) is 2.76. The third-order valence-electron chi connectivity index (χ3n) is 4.22. The summed E-state index contributed by atoms with van der Waals surface area (Å²) in [5.74, 6) is -0.0875. The Bertz CT molecular complexity index is 1050. The highest BCUT2D eigenvalue weighted by Crippen LogP contribution is 2.25. The Morgan fingerprint density at radius 1 is 1.18 bits per heavy atom. The van der Waals surface area contributed by atoms with Crippen LogP contribution >= 0.6 is 0 Å². The van der Waals surface area contributed by atoms with Gasteiger partial charge in [0.25, 0.3) is 0 Å². The average molecular weight is 400 g/mol. The summed E-state index contributed by atoms with van der Waals surface area (Å²) in [5, 5.41) is 0. The van der Waals surface area contributed by atoms with Crippen molar-refractivity contribution in [2.75, 3.05) is 7.11 Å². The minimum atomic E-state index is -3.93. The first-order valence-electron chi connectivity index (χ1n) is 8.52. The highest BCUT2D eigenvalue weighted by molar-refractivity contribution is 7.89. The molecule has 0 radical (unpaired) electrons. The Morgan fingerprint density at radius 2 is 2.00 bits per heavy atom. The molecular formula is C20H20N2O5S. The molecule has 0 bridgehead atoms. The summed E-state index contributed by atoms with van der Waals surface area (Å²) in [5.41, 5.74) is 1.44. The average Bonchev–Trinajstić information content (AvgIpc) is 3.21. The largest absolute Gasteiger partial charge is 0.468 e. The number of nitrogens with zero attached hydrogens (tertiary/aromatic N) is 2. The number of hydrogen-bond donors (Lipinski definition) is 0. The SMILES string of the molecule is COC(=O)c1ccc(C)c(S(=O)(=O)N(Cc2cccnc2)Cc2ccco2)c1. The number of aromatic nitrogens is 1. The normalized spacial score (nSPS) is 11.5. The number of pyridine rings is 1. The van der Waals surface area contributed by atoms with Crippen molar-refractivity contribution in [3.8, 4) is 0 Å². The summed E-state index contributed by atoms with van der Waals surface area (Å²) >= 11 is 0. The van der Waals surface area contributed by atoms with Crippen LogP contribution in [0.2, 0.25) is 0 Å². The minimum Gasteiger partial charge on any atom is -0.468 e. The van der Waals surface area contributed by atoms with Gasteiger partial charge in [0.15, 0.2) is 0 Å². The van der Waals surface area contributed by atoms with Crippen LogP contribution in [0.5, 0.6) is 0 Å². The molecule has 146 valence electrons. The number of furan rings is 1. The Labute approximate surface area is 163 Å². The van der Waals surface area contributed by atoms with Crippen LogP contribution in [0, 0.1) is 6.92 Å². The molecule has 0 saturated carbocycles. The smallest absolute Gasteiger partial charge is 0.337 e. The van der Waals surface area contributed by atoms with Gasteiger partial charge in [0, 0.05) is 18.9 Å². The number of sulfonamides is 1. The molecule has 0 aliphatic rings. The van der Waals surface area contributed by atoms with Gasteiger partial charge in [-0.1, -0.05) is 12.1 Å². The number of rotatable bonds is 7. The number of carbonyl (C=O) groups excluding carboxylic acids is 1. The fraction of sp³-hybridized carbons (Fsp3) is 0.200. The first-order chi connectivity index (χ1) is 13.4. The lowest BCUT2D eigenvalue weighted by molar-refractivity contribution is 0.0600. The van der Waals surface area contributed by atoms with Gasteiger partial charge in [-0.3, -0.25) is 4.98 Å². The minimum absolute atomic E-state index is 0.0471. The van der Waals surface area contributed by atoms with E-state index in [9.17, 15) is 13.2 Å². The van der Waals surface area contributed by atoms with Crippen LogP contribution in [0.3, 0.4) is 0 Å². The monoisotopic (exact) mass is 400 g/mol. The standard InChI is InChI=1S/C20H20N2O5S/c1-15-7-8-17(20(23)26-2)11-19(15)28(24,25)22(14-18-6-4-10-27-18)13-16-5-3-9-21-12-16/h3-12H,13-14H2,1-2H3. The van der Waals surface area contributed by atoms with E-state index in [1.165, 1.54) is 29.8 Å². The highest BCUT2D eigenvalue weighted by atomic mass is 32.2. The molecule has 8 heteroatoms. The van der Waals surface area contributed by atoms with Crippen molar-refractivity contribution in [1.29, 1.82) is 0 Å². The first kappa shape index (κ1) is 19.8. The Morgan fingerprint density at radius 3 is 2.64 bits per heavy atom. The van der Waals surface area contributed by atoms with Crippen molar-refractivity contribution < 1.29 is 22.4 Å². The summed E-state index contributed by atoms with van der Waals surface area (Å²) in [6.45, 7) is 1.84. The van der Waals surface area contributed by atoms with E-state index in [0.29, 0.717) is 11.3 Å². The van der Waals surface area contributed by atoms with E-state index >= 15 is 0 Å². The summed E-state index contributed by atoms with van der Waals surface area (Å²) in [4.78, 5) is 16.0. The molecule has 3 aromatic rings. The predicted octanol–water partition coefficient (Wildman–Crippen LogP) is 3.16. The lowest BCUT2D eigenvalue weighted by atomic mass is 10.1. The lowest BCUT2D eigenvalue weighted by Crippen LogP contribution is -2.31. The van der Waals surface area contributed by atoms with Crippen molar-refractivity contribution >= 4 is 16.0 Å². The van der Waals surface area contributed by atoms with Gasteiger partial charge < -0.3 is 9.15 Å². The van der Waals surface area contributed by atoms with Gasteiger partial charge in [-0.15, -0.1) is 0 Å². The second kappa shape index (κ2) is 8.37. The zero-order valence-corrected chi connectivity index (χ0v) is 16.3. The maximum Gasteiger partial charge on any atom is 0.337 e. The summed E-state index contributed by atoms with van der Waals surface area (Å²) in [6, 6.07) is 11.4. The van der Waals surface area contributed by atoms with Gasteiger partial charge in [-0.05, 0) is 48.4 Å². The van der Waals surface area contributed by atoms with Gasteiger partial charge >= 0.3 is 5.97 Å². The van der Waals surface area contributed by atoms with Gasteiger partial charge in [0.2, 0.25) is 10.0 Å². The summed E-state index contributed by atoms with van der Waals surface area (Å²) in [7, 11) is -2.68. The van der Waals surface area contributed by atoms with Crippen molar-refractivity contribution in [2.45, 2.75) is 24.9 Å². The molecule has 0 aliphatic heterocycles. The molecule has 0 fully saturated rings. The summed E-state index contributed by atoms with van der Waals surface area (Å²) < 4.78 is 38.3. The number of benzene rings is 1. The maximum atomic E-state index is 13.5. The third kappa shape index (κ3) is 4.29. The topological polar surface area (TPSA) is 89.7 Å². The van der Waals surface area contributed by atoms with E-state index in [2.05, 4.69) is 4.98 Å². The Hall–Kier alpha value is -2.97. The van der Waals surface area contributed by atoms with Gasteiger partial charge in [0.1, 0.15) is 5.76 Å². The molecule has 2 heterocycles. The van der Waals surface area contributed by atoms with Crippen molar-refractivity contribution in [3.05, 3.63) is 83.6 Å². The van der Waals surface area contributed by atoms with Crippen molar-refractivity contribution in [3.63, 3.8) is 0 Å². The molecule has 0 spiro atoms. The zero-order chi connectivity index (χ0) is 20.1. The number of ether oxygens (including phenoxy) is 1. The Balaban J connectivity index is 2.03. The van der Waals surface area contributed by atoms with Crippen LogP contribution < -0.4 is 0 Å². The number of carbonyl (C=O) groups is 1. The van der Waals surface area contributed by atoms with Crippen molar-refractivity contribution in [1.82, 2.24) is 9.29 Å². The van der Waals surface area contributed by atoms with Gasteiger partial charge in [-0.2, -0.15) is 4.31 Å². The molecule has 7 nitrogen and oxygen atoms in total. The molecule has 0 amide bonds. The van der Waals surface area contributed by atoms with E-state index in [1.807, 2.05) is 0 Å². The molecule has 0 unspecified atom stereocenters. The number of esters is 1.